The van der Waals surface area contributed by atoms with Gasteiger partial charge in [0.15, 0.2) is 22.8 Å². The highest BCUT2D eigenvalue weighted by atomic mass is 16.3. The van der Waals surface area contributed by atoms with Crippen LogP contribution in [-0.2, 0) is 15.1 Å². The number of aromatic hydroxyl groups is 2. The minimum absolute atomic E-state index is 0.212. The Balaban J connectivity index is 2.24. The Kier molecular flexibility index (Phi) is 2.90. The fourth-order valence-corrected chi connectivity index (χ4v) is 2.68. The van der Waals surface area contributed by atoms with Gasteiger partial charge in [0.1, 0.15) is 0 Å². The van der Waals surface area contributed by atoms with Crippen molar-refractivity contribution in [2.24, 2.45) is 0 Å². The molecule has 0 aromatic heterocycles. The molecule has 1 fully saturated rings. The lowest BCUT2D eigenvalue weighted by molar-refractivity contribution is -0.122. The highest BCUT2D eigenvalue weighted by Gasteiger charge is 2.48. The second kappa shape index (κ2) is 4.63. The third kappa shape index (κ3) is 1.94. The maximum atomic E-state index is 12.5. The number of hydrogen-bond donors (Lipinski definition) is 3. The second-order valence-corrected chi connectivity index (χ2v) is 4.97. The number of ketones is 1. The molecule has 0 spiro atoms. The Morgan fingerprint density at radius 3 is 2.19 bits per heavy atom. The van der Waals surface area contributed by atoms with E-state index in [0.717, 1.165) is 0 Å². The number of nitrogens with one attached hydrogen (secondary N) is 1. The standard InChI is InChI=1S/C16H13NO4/c18-12-7-6-11(8-13(12)19)16(10-4-2-1-3-5-10)14(20)9-15(21)17-16/h1-8,18-19H,9H2,(H,17,21). The SMILES string of the molecule is O=C1CC(=O)C(c2ccccc2)(c2ccc(O)c(O)c2)N1. The van der Waals surface area contributed by atoms with Gasteiger partial charge in [0, 0.05) is 0 Å². The zero-order chi connectivity index (χ0) is 15.0. The third-order valence-corrected chi connectivity index (χ3v) is 3.68. The van der Waals surface area contributed by atoms with Crippen LogP contribution in [-0.4, -0.2) is 21.9 Å². The molecular weight excluding hydrogens is 270 g/mol. The average molecular weight is 283 g/mol. The van der Waals surface area contributed by atoms with Crippen LogP contribution in [0.5, 0.6) is 11.5 Å². The van der Waals surface area contributed by atoms with Gasteiger partial charge in [0.2, 0.25) is 5.91 Å². The molecule has 2 aromatic rings. The van der Waals surface area contributed by atoms with E-state index in [1.807, 2.05) is 6.07 Å². The van der Waals surface area contributed by atoms with Crippen molar-refractivity contribution in [2.45, 2.75) is 12.0 Å². The van der Waals surface area contributed by atoms with E-state index in [4.69, 9.17) is 0 Å². The summed E-state index contributed by atoms with van der Waals surface area (Å²) in [5, 5.41) is 21.9. The Hall–Kier alpha value is -2.82. The molecule has 3 rings (SSSR count). The number of rotatable bonds is 2. The quantitative estimate of drug-likeness (QED) is 0.575. The van der Waals surface area contributed by atoms with Crippen molar-refractivity contribution in [3.63, 3.8) is 0 Å². The molecular formula is C16H13NO4. The van der Waals surface area contributed by atoms with E-state index in [9.17, 15) is 19.8 Å². The van der Waals surface area contributed by atoms with Crippen molar-refractivity contribution >= 4 is 11.7 Å². The minimum atomic E-state index is -1.32. The topological polar surface area (TPSA) is 86.6 Å². The molecule has 5 nitrogen and oxygen atoms in total. The summed E-state index contributed by atoms with van der Waals surface area (Å²) in [6.07, 6.45) is -0.212. The molecule has 106 valence electrons. The van der Waals surface area contributed by atoms with Gasteiger partial charge in [-0.25, -0.2) is 0 Å². The van der Waals surface area contributed by atoms with E-state index >= 15 is 0 Å². The predicted octanol–water partition coefficient (Wildman–Crippen LogP) is 1.43. The number of phenolic OH excluding ortho intramolecular Hbond substituents is 2. The third-order valence-electron chi connectivity index (χ3n) is 3.68. The van der Waals surface area contributed by atoms with Crippen LogP contribution in [0.4, 0.5) is 0 Å². The summed E-state index contributed by atoms with van der Waals surface area (Å²) < 4.78 is 0. The van der Waals surface area contributed by atoms with Gasteiger partial charge in [-0.3, -0.25) is 9.59 Å². The van der Waals surface area contributed by atoms with Crippen LogP contribution >= 0.6 is 0 Å². The van der Waals surface area contributed by atoms with Crippen LogP contribution in [0.25, 0.3) is 0 Å². The molecule has 1 aliphatic heterocycles. The normalized spacial score (nSPS) is 21.3. The molecule has 1 atom stereocenters. The molecule has 1 amide bonds. The number of amides is 1. The second-order valence-electron chi connectivity index (χ2n) is 4.97. The molecule has 1 aliphatic rings. The van der Waals surface area contributed by atoms with E-state index in [1.165, 1.54) is 18.2 Å². The summed E-state index contributed by atoms with van der Waals surface area (Å²) in [5.41, 5.74) is -0.283. The van der Waals surface area contributed by atoms with Crippen LogP contribution in [0.2, 0.25) is 0 Å². The summed E-state index contributed by atoms with van der Waals surface area (Å²) in [4.78, 5) is 24.2. The van der Waals surface area contributed by atoms with Gasteiger partial charge in [0.05, 0.1) is 6.42 Å². The summed E-state index contributed by atoms with van der Waals surface area (Å²) in [7, 11) is 0. The Labute approximate surface area is 120 Å². The van der Waals surface area contributed by atoms with Crippen molar-refractivity contribution in [3.05, 3.63) is 59.7 Å². The number of Topliss-reactive ketones (excluding diaryl/α,β-unsaturated/α-hetero) is 1. The van der Waals surface area contributed by atoms with Crippen LogP contribution < -0.4 is 5.32 Å². The van der Waals surface area contributed by atoms with Crippen LogP contribution in [0.3, 0.4) is 0 Å². The number of hydrogen-bond acceptors (Lipinski definition) is 4. The molecule has 0 bridgehead atoms. The van der Waals surface area contributed by atoms with Gasteiger partial charge >= 0.3 is 0 Å². The lowest BCUT2D eigenvalue weighted by Gasteiger charge is -2.29. The molecule has 1 heterocycles. The van der Waals surface area contributed by atoms with Gasteiger partial charge in [0.25, 0.3) is 0 Å². The summed E-state index contributed by atoms with van der Waals surface area (Å²) in [6, 6.07) is 13.0. The maximum absolute atomic E-state index is 12.5. The van der Waals surface area contributed by atoms with Gasteiger partial charge in [-0.15, -0.1) is 0 Å². The Morgan fingerprint density at radius 1 is 0.905 bits per heavy atom. The molecule has 1 saturated heterocycles. The summed E-state index contributed by atoms with van der Waals surface area (Å²) in [5.74, 6) is -1.27. The summed E-state index contributed by atoms with van der Waals surface area (Å²) >= 11 is 0. The molecule has 5 heteroatoms. The number of phenols is 2. The highest BCUT2D eigenvalue weighted by Crippen LogP contribution is 2.38. The van der Waals surface area contributed by atoms with Crippen LogP contribution in [0.1, 0.15) is 17.5 Å². The molecule has 1 unspecified atom stereocenters. The molecule has 0 aliphatic carbocycles. The lowest BCUT2D eigenvalue weighted by Crippen LogP contribution is -2.44. The average Bonchev–Trinajstić information content (AvgIpc) is 2.78. The first-order valence-corrected chi connectivity index (χ1v) is 6.46. The Bertz CT molecular complexity index is 726. The number of carbonyl (C=O) groups is 2. The van der Waals surface area contributed by atoms with Crippen molar-refractivity contribution in [3.8, 4) is 11.5 Å². The summed E-state index contributed by atoms with van der Waals surface area (Å²) in [6.45, 7) is 0. The smallest absolute Gasteiger partial charge is 0.228 e. The zero-order valence-corrected chi connectivity index (χ0v) is 11.0. The Morgan fingerprint density at radius 2 is 1.62 bits per heavy atom. The molecule has 0 saturated carbocycles. The monoisotopic (exact) mass is 283 g/mol. The molecule has 2 aromatic carbocycles. The van der Waals surface area contributed by atoms with Crippen molar-refractivity contribution in [2.75, 3.05) is 0 Å². The van der Waals surface area contributed by atoms with E-state index < -0.39 is 5.54 Å². The van der Waals surface area contributed by atoms with Crippen molar-refractivity contribution in [1.82, 2.24) is 5.32 Å². The van der Waals surface area contributed by atoms with Crippen molar-refractivity contribution < 1.29 is 19.8 Å². The largest absolute Gasteiger partial charge is 0.504 e. The fourth-order valence-electron chi connectivity index (χ4n) is 2.68. The molecule has 21 heavy (non-hydrogen) atoms. The van der Waals surface area contributed by atoms with E-state index in [-0.39, 0.29) is 29.6 Å². The number of carbonyl (C=O) groups excluding carboxylic acids is 2. The van der Waals surface area contributed by atoms with E-state index in [2.05, 4.69) is 5.32 Å². The first-order valence-electron chi connectivity index (χ1n) is 6.46. The highest BCUT2D eigenvalue weighted by molar-refractivity contribution is 6.12. The van der Waals surface area contributed by atoms with Gasteiger partial charge in [-0.05, 0) is 23.3 Å². The first-order chi connectivity index (χ1) is 10.0. The van der Waals surface area contributed by atoms with Gasteiger partial charge in [-0.1, -0.05) is 36.4 Å². The van der Waals surface area contributed by atoms with Crippen molar-refractivity contribution in [1.29, 1.82) is 0 Å². The van der Waals surface area contributed by atoms with E-state index in [0.29, 0.717) is 11.1 Å². The predicted molar refractivity (Wildman–Crippen MR) is 74.8 cm³/mol. The minimum Gasteiger partial charge on any atom is -0.504 e. The van der Waals surface area contributed by atoms with Crippen LogP contribution in [0, 0.1) is 0 Å². The van der Waals surface area contributed by atoms with Gasteiger partial charge < -0.3 is 15.5 Å². The fraction of sp³-hybridized carbons (Fsp3) is 0.125. The van der Waals surface area contributed by atoms with Gasteiger partial charge in [-0.2, -0.15) is 0 Å². The zero-order valence-electron chi connectivity index (χ0n) is 11.0. The maximum Gasteiger partial charge on any atom is 0.228 e. The number of benzene rings is 2. The van der Waals surface area contributed by atoms with E-state index in [1.54, 1.807) is 24.3 Å². The molecule has 3 N–H and O–H groups in total. The lowest BCUT2D eigenvalue weighted by atomic mass is 9.80. The first kappa shape index (κ1) is 13.2. The molecule has 0 radical (unpaired) electrons. The van der Waals surface area contributed by atoms with Crippen LogP contribution in [0.15, 0.2) is 48.5 Å².